The number of likely N-dealkylation sites (tertiary alicyclic amines) is 1. The van der Waals surface area contributed by atoms with Gasteiger partial charge in [-0.2, -0.15) is 0 Å². The first-order valence-electron chi connectivity index (χ1n) is 8.38. The maximum absolute atomic E-state index is 12.7. The molecule has 0 spiro atoms. The largest absolute Gasteiger partial charge is 0.384 e. The summed E-state index contributed by atoms with van der Waals surface area (Å²) in [5, 5.41) is 18.1. The maximum Gasteiger partial charge on any atom is 0.230 e. The van der Waals surface area contributed by atoms with E-state index < -0.39 is 5.60 Å². The molecule has 1 aliphatic rings. The van der Waals surface area contributed by atoms with Crippen LogP contribution in [-0.4, -0.2) is 44.0 Å². The molecule has 1 fully saturated rings. The maximum atomic E-state index is 12.7. The lowest BCUT2D eigenvalue weighted by Gasteiger charge is -2.40. The number of nitrogens with zero attached hydrogens (tertiary/aromatic N) is 4. The Kier molecular flexibility index (Phi) is 4.41. The molecule has 2 heterocycles. The number of aliphatic hydroxyl groups is 1. The summed E-state index contributed by atoms with van der Waals surface area (Å²) in [4.78, 5) is 14.6. The monoisotopic (exact) mass is 328 g/mol. The van der Waals surface area contributed by atoms with Crippen molar-refractivity contribution in [3.05, 3.63) is 47.8 Å². The van der Waals surface area contributed by atoms with Crippen molar-refractivity contribution in [2.24, 2.45) is 0 Å². The molecule has 0 bridgehead atoms. The average molecular weight is 328 g/mol. The number of hydrogen-bond acceptors (Lipinski definition) is 4. The highest BCUT2D eigenvalue weighted by atomic mass is 16.3. The van der Waals surface area contributed by atoms with E-state index in [4.69, 9.17) is 0 Å². The predicted molar refractivity (Wildman–Crippen MR) is 90.4 cm³/mol. The minimum Gasteiger partial charge on any atom is -0.384 e. The van der Waals surface area contributed by atoms with Gasteiger partial charge in [0, 0.05) is 13.1 Å². The highest BCUT2D eigenvalue weighted by Gasteiger charge is 2.36. The van der Waals surface area contributed by atoms with Gasteiger partial charge in [0.1, 0.15) is 11.3 Å². The second-order valence-electron chi connectivity index (χ2n) is 6.91. The summed E-state index contributed by atoms with van der Waals surface area (Å²) in [6, 6.07) is 10.1. The van der Waals surface area contributed by atoms with Crippen LogP contribution in [0.4, 0.5) is 0 Å². The third-order valence-electron chi connectivity index (χ3n) is 4.59. The molecule has 1 aromatic carbocycles. The Labute approximate surface area is 142 Å². The Hall–Kier alpha value is -2.21. The number of carbonyl (C=O) groups is 1. The second-order valence-corrected chi connectivity index (χ2v) is 6.91. The molecule has 0 unspecified atom stereocenters. The molecule has 1 N–H and O–H groups in total. The van der Waals surface area contributed by atoms with Crippen LogP contribution in [0.3, 0.4) is 0 Å². The number of rotatable bonds is 5. The van der Waals surface area contributed by atoms with E-state index in [1.807, 2.05) is 42.2 Å². The molecule has 1 amide bonds. The smallest absolute Gasteiger partial charge is 0.230 e. The van der Waals surface area contributed by atoms with E-state index in [-0.39, 0.29) is 17.9 Å². The van der Waals surface area contributed by atoms with Gasteiger partial charge in [0.05, 0.1) is 18.2 Å². The van der Waals surface area contributed by atoms with E-state index in [1.54, 1.807) is 24.7 Å². The lowest BCUT2D eigenvalue weighted by Crippen LogP contribution is -2.52. The number of hydrogen-bond donors (Lipinski definition) is 1. The highest BCUT2D eigenvalue weighted by molar-refractivity contribution is 5.84. The standard InChI is InChI=1S/C18H24N4O2/c1-4-15(13-8-6-5-7-9-13)17(23)21-10-14(11-21)22-12-16(19-20-22)18(2,3)24/h5-9,12,14-15,24H,4,10-11H2,1-3H3/t15-/m0/s1. The molecule has 128 valence electrons. The Morgan fingerprint density at radius 3 is 2.54 bits per heavy atom. The van der Waals surface area contributed by atoms with Crippen LogP contribution >= 0.6 is 0 Å². The van der Waals surface area contributed by atoms with Crippen molar-refractivity contribution < 1.29 is 9.90 Å². The third-order valence-corrected chi connectivity index (χ3v) is 4.59. The fourth-order valence-electron chi connectivity index (χ4n) is 3.00. The number of amides is 1. The van der Waals surface area contributed by atoms with Gasteiger partial charge in [-0.3, -0.25) is 4.79 Å². The van der Waals surface area contributed by atoms with Crippen LogP contribution < -0.4 is 0 Å². The third kappa shape index (κ3) is 3.19. The van der Waals surface area contributed by atoms with Crippen molar-refractivity contribution in [1.29, 1.82) is 0 Å². The van der Waals surface area contributed by atoms with Crippen molar-refractivity contribution in [2.75, 3.05) is 13.1 Å². The lowest BCUT2D eigenvalue weighted by atomic mass is 9.93. The fraction of sp³-hybridized carbons (Fsp3) is 0.500. The van der Waals surface area contributed by atoms with Crippen molar-refractivity contribution in [1.82, 2.24) is 19.9 Å². The summed E-state index contributed by atoms with van der Waals surface area (Å²) in [5.74, 6) is 0.0811. The zero-order valence-corrected chi connectivity index (χ0v) is 14.4. The summed E-state index contributed by atoms with van der Waals surface area (Å²) in [6.07, 6.45) is 2.55. The average Bonchev–Trinajstić information content (AvgIpc) is 2.97. The Morgan fingerprint density at radius 1 is 1.33 bits per heavy atom. The number of aromatic nitrogens is 3. The first kappa shape index (κ1) is 16.6. The molecule has 0 radical (unpaired) electrons. The molecule has 1 aromatic heterocycles. The minimum atomic E-state index is -1.00. The molecule has 1 atom stereocenters. The molecule has 1 aliphatic heterocycles. The zero-order valence-electron chi connectivity index (χ0n) is 14.4. The molecule has 6 heteroatoms. The van der Waals surface area contributed by atoms with Gasteiger partial charge in [-0.1, -0.05) is 42.5 Å². The van der Waals surface area contributed by atoms with E-state index in [9.17, 15) is 9.90 Å². The predicted octanol–water partition coefficient (Wildman–Crippen LogP) is 2.08. The molecule has 3 rings (SSSR count). The van der Waals surface area contributed by atoms with Crippen LogP contribution in [0.15, 0.2) is 36.5 Å². The van der Waals surface area contributed by atoms with Crippen LogP contribution in [0, 0.1) is 0 Å². The SMILES string of the molecule is CC[C@H](C(=O)N1CC(n2cc(C(C)(C)O)nn2)C1)c1ccccc1. The lowest BCUT2D eigenvalue weighted by molar-refractivity contribution is -0.139. The molecule has 0 saturated carbocycles. The molecular weight excluding hydrogens is 304 g/mol. The van der Waals surface area contributed by atoms with Crippen molar-refractivity contribution in [2.45, 2.75) is 44.8 Å². The Morgan fingerprint density at radius 2 is 2.00 bits per heavy atom. The molecule has 0 aliphatic carbocycles. The molecular formula is C18H24N4O2. The fourth-order valence-corrected chi connectivity index (χ4v) is 3.00. The number of carbonyl (C=O) groups excluding carboxylic acids is 1. The van der Waals surface area contributed by atoms with E-state index >= 15 is 0 Å². The molecule has 6 nitrogen and oxygen atoms in total. The molecule has 2 aromatic rings. The van der Waals surface area contributed by atoms with E-state index in [0.717, 1.165) is 12.0 Å². The van der Waals surface area contributed by atoms with E-state index in [0.29, 0.717) is 18.8 Å². The van der Waals surface area contributed by atoms with Gasteiger partial charge >= 0.3 is 0 Å². The van der Waals surface area contributed by atoms with Crippen molar-refractivity contribution >= 4 is 5.91 Å². The van der Waals surface area contributed by atoms with E-state index in [2.05, 4.69) is 10.3 Å². The van der Waals surface area contributed by atoms with Gasteiger partial charge in [-0.05, 0) is 25.8 Å². The van der Waals surface area contributed by atoms with E-state index in [1.165, 1.54) is 0 Å². The Balaban J connectivity index is 1.63. The molecule has 24 heavy (non-hydrogen) atoms. The zero-order chi connectivity index (χ0) is 17.3. The van der Waals surface area contributed by atoms with Crippen LogP contribution in [0.25, 0.3) is 0 Å². The first-order valence-corrected chi connectivity index (χ1v) is 8.38. The number of benzene rings is 1. The molecule has 1 saturated heterocycles. The van der Waals surface area contributed by atoms with Gasteiger partial charge in [0.25, 0.3) is 0 Å². The van der Waals surface area contributed by atoms with Crippen LogP contribution in [0.1, 0.15) is 50.4 Å². The summed E-state index contributed by atoms with van der Waals surface area (Å²) in [5.41, 5.74) is 0.611. The summed E-state index contributed by atoms with van der Waals surface area (Å²) >= 11 is 0. The van der Waals surface area contributed by atoms with Crippen LogP contribution in [0.2, 0.25) is 0 Å². The van der Waals surface area contributed by atoms with Gasteiger partial charge in [0.15, 0.2) is 0 Å². The van der Waals surface area contributed by atoms with Gasteiger partial charge in [-0.15, -0.1) is 5.10 Å². The quantitative estimate of drug-likeness (QED) is 0.912. The summed E-state index contributed by atoms with van der Waals surface area (Å²) < 4.78 is 1.75. The topological polar surface area (TPSA) is 71.2 Å². The van der Waals surface area contributed by atoms with Crippen molar-refractivity contribution in [3.63, 3.8) is 0 Å². The van der Waals surface area contributed by atoms with Crippen molar-refractivity contribution in [3.8, 4) is 0 Å². The van der Waals surface area contributed by atoms with Crippen LogP contribution in [-0.2, 0) is 10.4 Å². The first-order chi connectivity index (χ1) is 11.4. The van der Waals surface area contributed by atoms with Gasteiger partial charge < -0.3 is 10.0 Å². The second kappa shape index (κ2) is 6.36. The Bertz CT molecular complexity index is 699. The summed E-state index contributed by atoms with van der Waals surface area (Å²) in [6.45, 7) is 6.68. The minimum absolute atomic E-state index is 0.0881. The van der Waals surface area contributed by atoms with Crippen LogP contribution in [0.5, 0.6) is 0 Å². The normalized spacial score (nSPS) is 16.8. The summed E-state index contributed by atoms with van der Waals surface area (Å²) in [7, 11) is 0. The van der Waals surface area contributed by atoms with Gasteiger partial charge in [-0.25, -0.2) is 4.68 Å². The van der Waals surface area contributed by atoms with Gasteiger partial charge in [0.2, 0.25) is 5.91 Å². The highest BCUT2D eigenvalue weighted by Crippen LogP contribution is 2.29.